The Morgan fingerprint density at radius 1 is 1.00 bits per heavy atom. The largest absolute Gasteiger partial charge is 0.459 e. The third-order valence-corrected chi connectivity index (χ3v) is 3.56. The maximum atomic E-state index is 12.2. The monoisotopic (exact) mass is 351 g/mol. The number of anilines is 1. The van der Waals surface area contributed by atoms with Gasteiger partial charge in [0.2, 0.25) is 0 Å². The second kappa shape index (κ2) is 7.49. The minimum atomic E-state index is -0.543. The average Bonchev–Trinajstić information content (AvgIpc) is 2.48. The van der Waals surface area contributed by atoms with Crippen molar-refractivity contribution >= 4 is 40.8 Å². The summed E-state index contributed by atoms with van der Waals surface area (Å²) in [6.45, 7) is 3.49. The molecule has 0 saturated heterocycles. The third kappa shape index (κ3) is 4.47. The smallest absolute Gasteiger partial charge is 0.339 e. The fourth-order valence-electron chi connectivity index (χ4n) is 1.88. The van der Waals surface area contributed by atoms with Gasteiger partial charge in [0, 0.05) is 5.69 Å². The van der Waals surface area contributed by atoms with Crippen LogP contribution in [0.5, 0.6) is 0 Å². The van der Waals surface area contributed by atoms with Gasteiger partial charge in [0.1, 0.15) is 0 Å². The van der Waals surface area contributed by atoms with Crippen LogP contribution in [-0.2, 0) is 4.74 Å². The Bertz CT molecular complexity index is 744. The van der Waals surface area contributed by atoms with Crippen LogP contribution in [-0.4, -0.2) is 18.0 Å². The molecule has 2 aromatic carbocycles. The molecule has 0 heterocycles. The molecule has 2 rings (SSSR count). The van der Waals surface area contributed by atoms with E-state index in [-0.39, 0.29) is 22.6 Å². The Labute approximate surface area is 144 Å². The number of carbonyl (C=O) groups excluding carboxylic acids is 2. The van der Waals surface area contributed by atoms with Gasteiger partial charge in [0.15, 0.2) is 0 Å². The Morgan fingerprint density at radius 2 is 1.65 bits per heavy atom. The zero-order chi connectivity index (χ0) is 17.0. The summed E-state index contributed by atoms with van der Waals surface area (Å²) in [6, 6.07) is 11.3. The topological polar surface area (TPSA) is 55.4 Å². The predicted molar refractivity (Wildman–Crippen MR) is 91.4 cm³/mol. The van der Waals surface area contributed by atoms with Crippen molar-refractivity contribution in [2.75, 3.05) is 5.32 Å². The van der Waals surface area contributed by atoms with Crippen LogP contribution in [0.4, 0.5) is 5.69 Å². The molecule has 0 bridgehead atoms. The summed E-state index contributed by atoms with van der Waals surface area (Å²) in [5.74, 6) is -0.917. The molecule has 120 valence electrons. The van der Waals surface area contributed by atoms with Crippen LogP contribution < -0.4 is 5.32 Å². The molecule has 0 atom stereocenters. The van der Waals surface area contributed by atoms with Crippen molar-refractivity contribution in [2.45, 2.75) is 20.0 Å². The Morgan fingerprint density at radius 3 is 2.30 bits per heavy atom. The normalized spacial score (nSPS) is 10.5. The summed E-state index contributed by atoms with van der Waals surface area (Å²) >= 11 is 12.0. The van der Waals surface area contributed by atoms with Crippen LogP contribution in [0.25, 0.3) is 0 Å². The number of amides is 1. The lowest BCUT2D eigenvalue weighted by Gasteiger charge is -2.11. The summed E-state index contributed by atoms with van der Waals surface area (Å²) < 4.78 is 5.12. The summed E-state index contributed by atoms with van der Waals surface area (Å²) in [7, 11) is 0. The first-order valence-electron chi connectivity index (χ1n) is 6.95. The summed E-state index contributed by atoms with van der Waals surface area (Å²) in [4.78, 5) is 24.2. The van der Waals surface area contributed by atoms with E-state index < -0.39 is 5.97 Å². The maximum absolute atomic E-state index is 12.2. The van der Waals surface area contributed by atoms with Crippen LogP contribution in [0, 0.1) is 0 Å². The zero-order valence-electron chi connectivity index (χ0n) is 12.6. The first-order valence-corrected chi connectivity index (χ1v) is 7.70. The number of hydrogen-bond donors (Lipinski definition) is 1. The van der Waals surface area contributed by atoms with Crippen LogP contribution in [0.1, 0.15) is 34.6 Å². The van der Waals surface area contributed by atoms with Gasteiger partial charge in [-0.25, -0.2) is 4.79 Å². The van der Waals surface area contributed by atoms with Gasteiger partial charge in [-0.2, -0.15) is 0 Å². The zero-order valence-corrected chi connectivity index (χ0v) is 14.1. The molecule has 1 N–H and O–H groups in total. The molecule has 2 aromatic rings. The highest BCUT2D eigenvalue weighted by atomic mass is 35.5. The van der Waals surface area contributed by atoms with E-state index in [1.165, 1.54) is 12.1 Å². The molecule has 6 heteroatoms. The molecular weight excluding hydrogens is 337 g/mol. The van der Waals surface area contributed by atoms with Crippen molar-refractivity contribution in [1.29, 1.82) is 0 Å². The molecule has 1 amide bonds. The number of ether oxygens (including phenoxy) is 1. The van der Waals surface area contributed by atoms with E-state index in [0.717, 1.165) is 0 Å². The third-order valence-electron chi connectivity index (χ3n) is 2.91. The lowest BCUT2D eigenvalue weighted by molar-refractivity contribution is 0.0378. The molecule has 0 radical (unpaired) electrons. The molecule has 23 heavy (non-hydrogen) atoms. The van der Waals surface area contributed by atoms with E-state index >= 15 is 0 Å². The van der Waals surface area contributed by atoms with Gasteiger partial charge in [-0.05, 0) is 44.2 Å². The Kier molecular flexibility index (Phi) is 5.64. The van der Waals surface area contributed by atoms with E-state index in [9.17, 15) is 9.59 Å². The lowest BCUT2D eigenvalue weighted by atomic mass is 10.1. The molecular formula is C17H15Cl2NO3. The molecule has 0 spiro atoms. The van der Waals surface area contributed by atoms with Crippen LogP contribution in [0.15, 0.2) is 42.5 Å². The predicted octanol–water partition coefficient (Wildman–Crippen LogP) is 4.81. The fraction of sp³-hybridized carbons (Fsp3) is 0.176. The Hall–Kier alpha value is -2.04. The van der Waals surface area contributed by atoms with Crippen molar-refractivity contribution in [1.82, 2.24) is 0 Å². The number of halogens is 2. The SMILES string of the molecule is CC(C)OC(=O)c1cc(NC(=O)c2ccccc2Cl)ccc1Cl. The van der Waals surface area contributed by atoms with E-state index in [2.05, 4.69) is 5.32 Å². The van der Waals surface area contributed by atoms with Crippen LogP contribution >= 0.6 is 23.2 Å². The second-order valence-electron chi connectivity index (χ2n) is 5.08. The summed E-state index contributed by atoms with van der Waals surface area (Å²) in [5.41, 5.74) is 0.961. The first kappa shape index (κ1) is 17.3. The number of esters is 1. The number of hydrogen-bond acceptors (Lipinski definition) is 3. The molecule has 0 aromatic heterocycles. The highest BCUT2D eigenvalue weighted by Gasteiger charge is 2.16. The van der Waals surface area contributed by atoms with Crippen molar-refractivity contribution in [3.63, 3.8) is 0 Å². The minimum absolute atomic E-state index is 0.192. The highest BCUT2D eigenvalue weighted by Crippen LogP contribution is 2.23. The van der Waals surface area contributed by atoms with E-state index in [1.54, 1.807) is 44.2 Å². The van der Waals surface area contributed by atoms with Crippen molar-refractivity contribution in [3.05, 3.63) is 63.6 Å². The highest BCUT2D eigenvalue weighted by molar-refractivity contribution is 6.35. The van der Waals surface area contributed by atoms with Gasteiger partial charge in [-0.15, -0.1) is 0 Å². The van der Waals surface area contributed by atoms with E-state index in [0.29, 0.717) is 16.3 Å². The van der Waals surface area contributed by atoms with E-state index in [1.807, 2.05) is 0 Å². The van der Waals surface area contributed by atoms with Crippen molar-refractivity contribution < 1.29 is 14.3 Å². The number of rotatable bonds is 4. The van der Waals surface area contributed by atoms with Gasteiger partial charge in [-0.1, -0.05) is 35.3 Å². The van der Waals surface area contributed by atoms with Crippen molar-refractivity contribution in [2.24, 2.45) is 0 Å². The quantitative estimate of drug-likeness (QED) is 0.804. The van der Waals surface area contributed by atoms with E-state index in [4.69, 9.17) is 27.9 Å². The second-order valence-corrected chi connectivity index (χ2v) is 5.90. The van der Waals surface area contributed by atoms with Crippen LogP contribution in [0.3, 0.4) is 0 Å². The standard InChI is InChI=1S/C17H15Cl2NO3/c1-10(2)23-17(22)13-9-11(7-8-15(13)19)20-16(21)12-5-3-4-6-14(12)18/h3-10H,1-2H3,(H,20,21). The number of benzene rings is 2. The summed E-state index contributed by atoms with van der Waals surface area (Å²) in [5, 5.41) is 3.29. The minimum Gasteiger partial charge on any atom is -0.459 e. The summed E-state index contributed by atoms with van der Waals surface area (Å²) in [6.07, 6.45) is -0.264. The molecule has 0 saturated carbocycles. The molecule has 0 aliphatic carbocycles. The molecule has 4 nitrogen and oxygen atoms in total. The van der Waals surface area contributed by atoms with Gasteiger partial charge >= 0.3 is 5.97 Å². The fourth-order valence-corrected chi connectivity index (χ4v) is 2.30. The molecule has 0 unspecified atom stereocenters. The van der Waals surface area contributed by atoms with Crippen LogP contribution in [0.2, 0.25) is 10.0 Å². The van der Waals surface area contributed by atoms with Crippen molar-refractivity contribution in [3.8, 4) is 0 Å². The van der Waals surface area contributed by atoms with Gasteiger partial charge < -0.3 is 10.1 Å². The first-order chi connectivity index (χ1) is 10.9. The van der Waals surface area contributed by atoms with Gasteiger partial charge in [0.05, 0.1) is 27.3 Å². The molecule has 0 fully saturated rings. The maximum Gasteiger partial charge on any atom is 0.339 e. The average molecular weight is 352 g/mol. The lowest BCUT2D eigenvalue weighted by Crippen LogP contribution is -2.15. The number of nitrogens with one attached hydrogen (secondary N) is 1. The molecule has 0 aliphatic rings. The Balaban J connectivity index is 2.23. The molecule has 0 aliphatic heterocycles. The van der Waals surface area contributed by atoms with Gasteiger partial charge in [-0.3, -0.25) is 4.79 Å². The van der Waals surface area contributed by atoms with Gasteiger partial charge in [0.25, 0.3) is 5.91 Å². The number of carbonyl (C=O) groups is 2.